The summed E-state index contributed by atoms with van der Waals surface area (Å²) in [6.07, 6.45) is 0. The van der Waals surface area contributed by atoms with E-state index in [1.54, 1.807) is 0 Å². The van der Waals surface area contributed by atoms with Gasteiger partial charge in [-0.15, -0.1) is 0 Å². The maximum absolute atomic E-state index is 3.21. The molecule has 0 amide bonds. The number of rotatable bonds is 8. The van der Waals surface area contributed by atoms with Gasteiger partial charge < -0.3 is 20.4 Å². The summed E-state index contributed by atoms with van der Waals surface area (Å²) in [4.78, 5) is 4.58. The summed E-state index contributed by atoms with van der Waals surface area (Å²) >= 11 is 0. The first-order valence-electron chi connectivity index (χ1n) is 12.9. The Kier molecular flexibility index (Phi) is 7.32. The van der Waals surface area contributed by atoms with Gasteiger partial charge in [-0.1, -0.05) is 35.4 Å². The zero-order valence-corrected chi connectivity index (χ0v) is 22.4. The molecule has 5 aromatic rings. The molecule has 0 spiro atoms. The van der Waals surface area contributed by atoms with E-state index in [1.807, 2.05) is 14.1 Å². The highest BCUT2D eigenvalue weighted by atomic mass is 15.2. The molecule has 0 aliphatic heterocycles. The maximum Gasteiger partial charge on any atom is 0.0463 e. The lowest BCUT2D eigenvalue weighted by Crippen LogP contribution is -2.12. The molecule has 4 nitrogen and oxygen atoms in total. The molecule has 0 saturated heterocycles. The Balaban J connectivity index is 1.56. The Morgan fingerprint density at radius 1 is 0.342 bits per heavy atom. The van der Waals surface area contributed by atoms with Crippen LogP contribution in [0.3, 0.4) is 0 Å². The molecule has 0 fully saturated rings. The molecule has 0 radical (unpaired) electrons. The molecular formula is C34H34N4. The zero-order valence-electron chi connectivity index (χ0n) is 22.4. The van der Waals surface area contributed by atoms with Crippen LogP contribution in [0.15, 0.2) is 121 Å². The minimum absolute atomic E-state index is 1.09. The summed E-state index contributed by atoms with van der Waals surface area (Å²) in [5.41, 5.74) is 11.3. The molecule has 38 heavy (non-hydrogen) atoms. The fourth-order valence-corrected chi connectivity index (χ4v) is 4.59. The van der Waals surface area contributed by atoms with Crippen molar-refractivity contribution in [1.29, 1.82) is 0 Å². The lowest BCUT2D eigenvalue weighted by Gasteiger charge is -2.28. The summed E-state index contributed by atoms with van der Waals surface area (Å²) in [6, 6.07) is 43.2. The molecule has 0 aliphatic carbocycles. The van der Waals surface area contributed by atoms with Gasteiger partial charge in [0, 0.05) is 59.6 Å². The van der Waals surface area contributed by atoms with Crippen molar-refractivity contribution < 1.29 is 0 Å². The van der Waals surface area contributed by atoms with Gasteiger partial charge in [-0.3, -0.25) is 0 Å². The van der Waals surface area contributed by atoms with Crippen molar-refractivity contribution >= 4 is 45.5 Å². The number of anilines is 8. The molecule has 0 saturated carbocycles. The normalized spacial score (nSPS) is 10.6. The quantitative estimate of drug-likeness (QED) is 0.223. The van der Waals surface area contributed by atoms with Crippen LogP contribution in [-0.2, 0) is 0 Å². The third-order valence-corrected chi connectivity index (χ3v) is 6.78. The predicted molar refractivity (Wildman–Crippen MR) is 164 cm³/mol. The van der Waals surface area contributed by atoms with E-state index in [1.165, 1.54) is 11.1 Å². The molecule has 4 heteroatoms. The van der Waals surface area contributed by atoms with Gasteiger partial charge in [0.05, 0.1) is 0 Å². The first kappa shape index (κ1) is 25.0. The monoisotopic (exact) mass is 498 g/mol. The largest absolute Gasteiger partial charge is 0.388 e. The van der Waals surface area contributed by atoms with E-state index in [2.05, 4.69) is 156 Å². The summed E-state index contributed by atoms with van der Waals surface area (Å²) in [5, 5.41) is 6.43. The van der Waals surface area contributed by atoms with Crippen LogP contribution in [0.5, 0.6) is 0 Å². The lowest BCUT2D eigenvalue weighted by molar-refractivity contribution is 1.25. The summed E-state index contributed by atoms with van der Waals surface area (Å²) < 4.78 is 0. The van der Waals surface area contributed by atoms with Crippen molar-refractivity contribution in [3.05, 3.63) is 132 Å². The first-order valence-corrected chi connectivity index (χ1v) is 12.9. The van der Waals surface area contributed by atoms with Gasteiger partial charge in [0.1, 0.15) is 0 Å². The van der Waals surface area contributed by atoms with Crippen LogP contribution in [-0.4, -0.2) is 14.1 Å². The Labute approximate surface area is 226 Å². The highest BCUT2D eigenvalue weighted by Crippen LogP contribution is 2.39. The molecule has 5 aromatic carbocycles. The Morgan fingerprint density at radius 2 is 0.553 bits per heavy atom. The second kappa shape index (κ2) is 11.1. The zero-order chi connectivity index (χ0) is 26.5. The summed E-state index contributed by atoms with van der Waals surface area (Å²) in [5.74, 6) is 0. The molecule has 0 atom stereocenters. The number of hydrogen-bond donors (Lipinski definition) is 2. The Hall–Kier alpha value is -4.70. The highest BCUT2D eigenvalue weighted by Gasteiger charge is 2.16. The van der Waals surface area contributed by atoms with Gasteiger partial charge in [0.15, 0.2) is 0 Å². The molecule has 0 bridgehead atoms. The predicted octanol–water partition coefficient (Wildman–Crippen LogP) is 9.33. The van der Waals surface area contributed by atoms with Gasteiger partial charge in [-0.25, -0.2) is 0 Å². The summed E-state index contributed by atoms with van der Waals surface area (Å²) in [7, 11) is 3.88. The van der Waals surface area contributed by atoms with E-state index in [0.29, 0.717) is 0 Å². The van der Waals surface area contributed by atoms with Crippen LogP contribution in [0.2, 0.25) is 0 Å². The van der Waals surface area contributed by atoms with Gasteiger partial charge in [0.2, 0.25) is 0 Å². The van der Waals surface area contributed by atoms with Crippen molar-refractivity contribution in [1.82, 2.24) is 0 Å². The van der Waals surface area contributed by atoms with Crippen LogP contribution in [0.25, 0.3) is 0 Å². The standard InChI is InChI=1S/C34H34N4/c1-25-5-13-29(14-6-25)37(31-17-9-27(35-3)10-18-31)33-21-23-34(24-22-33)38(30-15-7-26(2)8-16-30)32-19-11-28(36-4)12-20-32/h5-24,35-36H,1-4H3. The van der Waals surface area contributed by atoms with E-state index in [-0.39, 0.29) is 0 Å². The van der Waals surface area contributed by atoms with E-state index in [4.69, 9.17) is 0 Å². The average Bonchev–Trinajstić information content (AvgIpc) is 2.97. The number of aryl methyl sites for hydroxylation is 2. The molecule has 0 heterocycles. The SMILES string of the molecule is CNc1ccc(N(c2ccc(C)cc2)c2ccc(N(c3ccc(C)cc3)c3ccc(NC)cc3)cc2)cc1. The van der Waals surface area contributed by atoms with E-state index in [0.717, 1.165) is 45.5 Å². The fourth-order valence-electron chi connectivity index (χ4n) is 4.59. The molecular weight excluding hydrogens is 464 g/mol. The second-order valence-electron chi connectivity index (χ2n) is 9.45. The van der Waals surface area contributed by atoms with Gasteiger partial charge in [0.25, 0.3) is 0 Å². The van der Waals surface area contributed by atoms with Crippen LogP contribution >= 0.6 is 0 Å². The van der Waals surface area contributed by atoms with Crippen molar-refractivity contribution in [2.75, 3.05) is 34.5 Å². The van der Waals surface area contributed by atoms with Crippen molar-refractivity contribution in [2.45, 2.75) is 13.8 Å². The third kappa shape index (κ3) is 5.35. The van der Waals surface area contributed by atoms with E-state index >= 15 is 0 Å². The minimum atomic E-state index is 1.09. The number of hydrogen-bond acceptors (Lipinski definition) is 4. The highest BCUT2D eigenvalue weighted by molar-refractivity contribution is 5.81. The average molecular weight is 499 g/mol. The van der Waals surface area contributed by atoms with Crippen LogP contribution in [0, 0.1) is 13.8 Å². The molecule has 0 unspecified atom stereocenters. The Morgan fingerprint density at radius 3 is 0.789 bits per heavy atom. The fraction of sp³-hybridized carbons (Fsp3) is 0.118. The van der Waals surface area contributed by atoms with Crippen molar-refractivity contribution in [2.24, 2.45) is 0 Å². The van der Waals surface area contributed by atoms with Crippen LogP contribution in [0.4, 0.5) is 45.5 Å². The molecule has 190 valence electrons. The maximum atomic E-state index is 3.21. The second-order valence-corrected chi connectivity index (χ2v) is 9.45. The van der Waals surface area contributed by atoms with Crippen LogP contribution in [0.1, 0.15) is 11.1 Å². The minimum Gasteiger partial charge on any atom is -0.388 e. The van der Waals surface area contributed by atoms with Gasteiger partial charge in [-0.2, -0.15) is 0 Å². The first-order chi connectivity index (χ1) is 18.6. The molecule has 0 aliphatic rings. The van der Waals surface area contributed by atoms with Crippen molar-refractivity contribution in [3.63, 3.8) is 0 Å². The van der Waals surface area contributed by atoms with E-state index in [9.17, 15) is 0 Å². The smallest absolute Gasteiger partial charge is 0.0463 e. The lowest BCUT2D eigenvalue weighted by atomic mass is 10.1. The van der Waals surface area contributed by atoms with Crippen molar-refractivity contribution in [3.8, 4) is 0 Å². The number of benzene rings is 5. The molecule has 0 aromatic heterocycles. The molecule has 2 N–H and O–H groups in total. The Bertz CT molecular complexity index is 1340. The number of nitrogens with one attached hydrogen (secondary N) is 2. The number of nitrogens with zero attached hydrogens (tertiary/aromatic N) is 2. The third-order valence-electron chi connectivity index (χ3n) is 6.78. The molecule has 5 rings (SSSR count). The topological polar surface area (TPSA) is 30.5 Å². The van der Waals surface area contributed by atoms with Gasteiger partial charge >= 0.3 is 0 Å². The summed E-state index contributed by atoms with van der Waals surface area (Å²) in [6.45, 7) is 4.24. The van der Waals surface area contributed by atoms with Crippen LogP contribution < -0.4 is 20.4 Å². The van der Waals surface area contributed by atoms with E-state index < -0.39 is 0 Å². The van der Waals surface area contributed by atoms with Gasteiger partial charge in [-0.05, 0) is 111 Å².